The molecule has 0 aliphatic carbocycles. The second-order valence-electron chi connectivity index (χ2n) is 15.0. The Bertz CT molecular complexity index is 1560. The first kappa shape index (κ1) is 46.4. The summed E-state index contributed by atoms with van der Waals surface area (Å²) in [5.41, 5.74) is -1.21. The van der Waals surface area contributed by atoms with Gasteiger partial charge in [-0.25, -0.2) is 0 Å². The Morgan fingerprint density at radius 2 is 0.717 bits per heavy atom. The molecule has 0 bridgehead atoms. The van der Waals surface area contributed by atoms with Gasteiger partial charge in [-0.05, 0) is 0 Å². The molecule has 3 aliphatic rings. The van der Waals surface area contributed by atoms with Crippen molar-refractivity contribution in [3.63, 3.8) is 0 Å². The summed E-state index contributed by atoms with van der Waals surface area (Å²) in [7, 11) is 0. The van der Waals surface area contributed by atoms with Crippen molar-refractivity contribution in [2.45, 2.75) is 111 Å². The average Bonchev–Trinajstić information content (AvgIpc) is 4.04. The van der Waals surface area contributed by atoms with Gasteiger partial charge in [-0.15, -0.1) is 0 Å². The lowest BCUT2D eigenvalue weighted by Crippen LogP contribution is -2.55. The van der Waals surface area contributed by atoms with Gasteiger partial charge in [0.2, 0.25) is 0 Å². The lowest BCUT2D eigenvalue weighted by molar-refractivity contribution is -0.233. The summed E-state index contributed by atoms with van der Waals surface area (Å²) in [6, 6.07) is 4.11. The fourth-order valence-corrected chi connectivity index (χ4v) is 7.00. The zero-order valence-electron chi connectivity index (χ0n) is 31.8. The lowest BCUT2D eigenvalue weighted by Gasteiger charge is -2.39. The van der Waals surface area contributed by atoms with E-state index in [9.17, 15) is 66.4 Å². The standard InChI is InChI=1S/C35H51N3O22/c39-4-20-23(43)26(46)29(49)32(55-20)17-1-14(58-36-17)7-52-11-35(10-42,12-53-8-15-2-18(37-59-15)33-30(50)27(47)24(44)21(5-40)56-33)13-54-9-16-3-19(38-60-16)34-31(51)28(48)25(45)22(6-41)57-34/h1-3,20-34,39-51H,4-13H2/t20-,21-,22-,23-,24-,25-,26+,27+,28+,29+,30+,31+,32+,33+,34+/m1/s1. The molecule has 25 heteroatoms. The molecule has 25 nitrogen and oxygen atoms in total. The first-order chi connectivity index (χ1) is 28.7. The van der Waals surface area contributed by atoms with E-state index in [0.29, 0.717) is 0 Å². The Labute approximate surface area is 339 Å². The number of rotatable bonds is 19. The molecule has 3 saturated heterocycles. The second-order valence-corrected chi connectivity index (χ2v) is 15.0. The summed E-state index contributed by atoms with van der Waals surface area (Å²) >= 11 is 0. The van der Waals surface area contributed by atoms with Crippen LogP contribution in [0.3, 0.4) is 0 Å². The molecule has 0 spiro atoms. The maximum atomic E-state index is 10.7. The molecule has 3 fully saturated rings. The summed E-state index contributed by atoms with van der Waals surface area (Å²) in [6.07, 6.45) is -21.8. The Balaban J connectivity index is 1.10. The van der Waals surface area contributed by atoms with Crippen molar-refractivity contribution in [1.82, 2.24) is 15.5 Å². The fourth-order valence-electron chi connectivity index (χ4n) is 7.00. The van der Waals surface area contributed by atoms with Crippen LogP contribution in [-0.2, 0) is 48.2 Å². The van der Waals surface area contributed by atoms with Crippen molar-refractivity contribution >= 4 is 0 Å². The van der Waals surface area contributed by atoms with Gasteiger partial charge in [-0.2, -0.15) is 0 Å². The van der Waals surface area contributed by atoms with E-state index in [1.165, 1.54) is 18.2 Å². The van der Waals surface area contributed by atoms with E-state index in [1.807, 2.05) is 0 Å². The van der Waals surface area contributed by atoms with Crippen LogP contribution in [0, 0.1) is 5.41 Å². The second kappa shape index (κ2) is 20.4. The molecule has 60 heavy (non-hydrogen) atoms. The van der Waals surface area contributed by atoms with Crippen LogP contribution in [0.4, 0.5) is 0 Å². The number of ether oxygens (including phenoxy) is 6. The van der Waals surface area contributed by atoms with Gasteiger partial charge >= 0.3 is 0 Å². The van der Waals surface area contributed by atoms with Crippen molar-refractivity contribution in [2.24, 2.45) is 5.41 Å². The van der Waals surface area contributed by atoms with Crippen LogP contribution >= 0.6 is 0 Å². The Morgan fingerprint density at radius 1 is 0.433 bits per heavy atom. The van der Waals surface area contributed by atoms with Crippen LogP contribution < -0.4 is 0 Å². The lowest BCUT2D eigenvalue weighted by atomic mass is 9.92. The number of nitrogens with zero attached hydrogens (tertiary/aromatic N) is 3. The minimum atomic E-state index is -1.64. The summed E-state index contributed by atoms with van der Waals surface area (Å²) < 4.78 is 50.2. The van der Waals surface area contributed by atoms with E-state index in [-0.39, 0.29) is 74.0 Å². The van der Waals surface area contributed by atoms with Crippen molar-refractivity contribution in [1.29, 1.82) is 0 Å². The van der Waals surface area contributed by atoms with Crippen LogP contribution in [-0.4, -0.2) is 201 Å². The molecule has 0 amide bonds. The third-order valence-corrected chi connectivity index (χ3v) is 10.6. The van der Waals surface area contributed by atoms with Gasteiger partial charge in [0.25, 0.3) is 0 Å². The topological polar surface area (TPSA) is 396 Å². The van der Waals surface area contributed by atoms with Gasteiger partial charge in [0.1, 0.15) is 128 Å². The number of hydrogen-bond donors (Lipinski definition) is 13. The van der Waals surface area contributed by atoms with Crippen LogP contribution in [0.25, 0.3) is 0 Å². The van der Waals surface area contributed by atoms with E-state index in [0.717, 1.165) is 0 Å². The van der Waals surface area contributed by atoms with Gasteiger partial charge < -0.3 is 108 Å². The van der Waals surface area contributed by atoms with Crippen molar-refractivity contribution < 1.29 is 108 Å². The minimum Gasteiger partial charge on any atom is -0.396 e. The average molecular weight is 866 g/mol. The highest BCUT2D eigenvalue weighted by Crippen LogP contribution is 2.35. The monoisotopic (exact) mass is 865 g/mol. The number of hydrogen-bond acceptors (Lipinski definition) is 25. The number of aliphatic hydroxyl groups excluding tert-OH is 13. The summed E-state index contributed by atoms with van der Waals surface area (Å²) in [6.45, 7) is -4.02. The van der Waals surface area contributed by atoms with E-state index < -0.39 is 123 Å². The normalized spacial score (nSPS) is 35.2. The van der Waals surface area contributed by atoms with Crippen LogP contribution in [0.15, 0.2) is 31.8 Å². The Morgan fingerprint density at radius 3 is 0.967 bits per heavy atom. The zero-order chi connectivity index (χ0) is 43.3. The van der Waals surface area contributed by atoms with Gasteiger partial charge in [-0.1, -0.05) is 15.5 Å². The van der Waals surface area contributed by atoms with Crippen LogP contribution in [0.2, 0.25) is 0 Å². The molecule has 6 heterocycles. The maximum absolute atomic E-state index is 10.7. The minimum absolute atomic E-state index is 0.0378. The van der Waals surface area contributed by atoms with E-state index >= 15 is 0 Å². The predicted octanol–water partition coefficient (Wildman–Crippen LogP) is -5.88. The Kier molecular flexibility index (Phi) is 15.7. The third-order valence-electron chi connectivity index (χ3n) is 10.6. The molecule has 3 aromatic heterocycles. The molecule has 15 atom stereocenters. The summed E-state index contributed by atoms with van der Waals surface area (Å²) in [5, 5.41) is 143. The quantitative estimate of drug-likeness (QED) is 0.0533. The molecular formula is C35H51N3O22. The fraction of sp³-hybridized carbons (Fsp3) is 0.743. The van der Waals surface area contributed by atoms with Crippen LogP contribution in [0.1, 0.15) is 52.7 Å². The molecule has 6 rings (SSSR count). The SMILES string of the molecule is OC[C@H]1O[C@@H](c2cc(COCC(CO)(COCc3cc([C@@H]4O[C@H](CO)[C@@H](O)[C@H](O)[C@@H]4O)no3)COCc3cc([C@@H]4O[C@H](CO)[C@@H](O)[C@H](O)[C@@H]4O)no3)on2)[C@@H](O)[C@@H](O)[C@@H]1O. The van der Waals surface area contributed by atoms with Gasteiger partial charge in [-0.3, -0.25) is 0 Å². The molecular weight excluding hydrogens is 814 g/mol. The highest BCUT2D eigenvalue weighted by molar-refractivity contribution is 5.15. The number of aromatic nitrogens is 3. The molecule has 0 radical (unpaired) electrons. The maximum Gasteiger partial charge on any atom is 0.162 e. The third kappa shape index (κ3) is 10.1. The molecule has 0 aromatic carbocycles. The smallest absolute Gasteiger partial charge is 0.162 e. The van der Waals surface area contributed by atoms with Crippen molar-refractivity contribution in [3.8, 4) is 0 Å². The zero-order valence-corrected chi connectivity index (χ0v) is 31.8. The van der Waals surface area contributed by atoms with Crippen molar-refractivity contribution in [2.75, 3.05) is 46.2 Å². The van der Waals surface area contributed by atoms with Gasteiger partial charge in [0.05, 0.1) is 51.7 Å². The number of aliphatic hydroxyl groups is 13. The molecule has 3 aliphatic heterocycles. The van der Waals surface area contributed by atoms with E-state index in [1.54, 1.807) is 0 Å². The highest BCUT2D eigenvalue weighted by atomic mass is 16.6. The van der Waals surface area contributed by atoms with Crippen LogP contribution in [0.5, 0.6) is 0 Å². The molecule has 0 saturated carbocycles. The highest BCUT2D eigenvalue weighted by Gasteiger charge is 2.47. The first-order valence-corrected chi connectivity index (χ1v) is 18.9. The molecule has 13 N–H and O–H groups in total. The van der Waals surface area contributed by atoms with E-state index in [4.69, 9.17) is 42.0 Å². The first-order valence-electron chi connectivity index (χ1n) is 18.9. The molecule has 338 valence electrons. The predicted molar refractivity (Wildman–Crippen MR) is 186 cm³/mol. The Hall–Kier alpha value is -3.13. The molecule has 0 unspecified atom stereocenters. The molecule has 3 aromatic rings. The van der Waals surface area contributed by atoms with Gasteiger partial charge in [0, 0.05) is 18.2 Å². The largest absolute Gasteiger partial charge is 0.396 e. The van der Waals surface area contributed by atoms with Gasteiger partial charge in [0.15, 0.2) is 17.3 Å². The summed E-state index contributed by atoms with van der Waals surface area (Å²) in [4.78, 5) is 0. The van der Waals surface area contributed by atoms with Crippen molar-refractivity contribution in [3.05, 3.63) is 52.6 Å². The summed E-state index contributed by atoms with van der Waals surface area (Å²) in [5.74, 6) is 0.376. The van der Waals surface area contributed by atoms with E-state index in [2.05, 4.69) is 15.5 Å².